The van der Waals surface area contributed by atoms with E-state index in [2.05, 4.69) is 36.4 Å². The third-order valence-electron chi connectivity index (χ3n) is 3.01. The van der Waals surface area contributed by atoms with E-state index in [9.17, 15) is 4.79 Å². The number of carbonyl (C=O) groups is 1. The molecule has 1 amide bonds. The number of nitrogens with two attached hydrogens (primary N) is 1. The van der Waals surface area contributed by atoms with E-state index in [1.165, 1.54) is 5.56 Å². The van der Waals surface area contributed by atoms with Crippen LogP contribution in [-0.2, 0) is 11.3 Å². The maximum atomic E-state index is 11.4. The second-order valence-electron chi connectivity index (χ2n) is 4.30. The zero-order valence-corrected chi connectivity index (χ0v) is 10.7. The van der Waals surface area contributed by atoms with E-state index in [0.717, 1.165) is 18.7 Å². The van der Waals surface area contributed by atoms with Gasteiger partial charge in [-0.15, -0.1) is 0 Å². The molecule has 0 bridgehead atoms. The summed E-state index contributed by atoms with van der Waals surface area (Å²) < 4.78 is 0. The first kappa shape index (κ1) is 13.7. The zero-order chi connectivity index (χ0) is 12.8. The summed E-state index contributed by atoms with van der Waals surface area (Å²) in [6.45, 7) is 5.92. The van der Waals surface area contributed by atoms with E-state index in [4.69, 9.17) is 5.84 Å². The van der Waals surface area contributed by atoms with Crippen LogP contribution in [0.25, 0.3) is 0 Å². The van der Waals surface area contributed by atoms with Crippen molar-refractivity contribution in [3.8, 4) is 0 Å². The third-order valence-corrected chi connectivity index (χ3v) is 3.01. The van der Waals surface area contributed by atoms with Crippen molar-refractivity contribution in [2.75, 3.05) is 13.6 Å². The van der Waals surface area contributed by atoms with Crippen LogP contribution in [0, 0.1) is 0 Å². The van der Waals surface area contributed by atoms with Crippen LogP contribution in [0.1, 0.15) is 30.9 Å². The van der Waals surface area contributed by atoms with Gasteiger partial charge in [0.25, 0.3) is 0 Å². The Balaban J connectivity index is 2.70. The Morgan fingerprint density at radius 3 is 2.47 bits per heavy atom. The lowest BCUT2D eigenvalue weighted by atomic mass is 9.99. The molecule has 1 unspecified atom stereocenters. The Hall–Kier alpha value is -1.39. The van der Waals surface area contributed by atoms with Crippen molar-refractivity contribution in [2.24, 2.45) is 5.84 Å². The number of hydrogen-bond donors (Lipinski definition) is 2. The van der Waals surface area contributed by atoms with E-state index >= 15 is 0 Å². The first-order chi connectivity index (χ1) is 8.08. The van der Waals surface area contributed by atoms with Crippen LogP contribution in [0.3, 0.4) is 0 Å². The number of amides is 1. The molecule has 0 aliphatic heterocycles. The van der Waals surface area contributed by atoms with Gasteiger partial charge >= 0.3 is 0 Å². The van der Waals surface area contributed by atoms with Gasteiger partial charge in [-0.1, -0.05) is 31.2 Å². The highest BCUT2D eigenvalue weighted by atomic mass is 16.2. The van der Waals surface area contributed by atoms with Crippen molar-refractivity contribution in [1.82, 2.24) is 10.3 Å². The molecule has 1 rings (SSSR count). The second-order valence-corrected chi connectivity index (χ2v) is 4.30. The Bertz CT molecular complexity index is 361. The summed E-state index contributed by atoms with van der Waals surface area (Å²) in [7, 11) is 2.08. The lowest BCUT2D eigenvalue weighted by molar-refractivity contribution is -0.122. The number of rotatable bonds is 5. The fourth-order valence-corrected chi connectivity index (χ4v) is 1.61. The summed E-state index contributed by atoms with van der Waals surface area (Å²) in [5.74, 6) is 4.74. The molecule has 0 spiro atoms. The summed E-state index contributed by atoms with van der Waals surface area (Å²) in [4.78, 5) is 13.6. The highest BCUT2D eigenvalue weighted by Crippen LogP contribution is 2.16. The first-order valence-electron chi connectivity index (χ1n) is 5.86. The van der Waals surface area contributed by atoms with Crippen LogP contribution >= 0.6 is 0 Å². The van der Waals surface area contributed by atoms with Crippen LogP contribution < -0.4 is 11.3 Å². The molecule has 0 fully saturated rings. The van der Waals surface area contributed by atoms with Crippen molar-refractivity contribution >= 4 is 5.91 Å². The first-order valence-corrected chi connectivity index (χ1v) is 5.86. The van der Waals surface area contributed by atoms with Crippen LogP contribution in [0.15, 0.2) is 24.3 Å². The zero-order valence-electron chi connectivity index (χ0n) is 10.7. The van der Waals surface area contributed by atoms with Crippen LogP contribution in [0.4, 0.5) is 0 Å². The van der Waals surface area contributed by atoms with Gasteiger partial charge in [-0.05, 0) is 31.6 Å². The standard InChI is InChI=1S/C13H21N3O/c1-4-16(3)9-11-5-7-12(8-6-11)10(2)13(17)15-14/h5-8,10H,4,9,14H2,1-3H3,(H,15,17). The Labute approximate surface area is 103 Å². The number of hydrazine groups is 1. The van der Waals surface area contributed by atoms with Crippen molar-refractivity contribution in [3.05, 3.63) is 35.4 Å². The molecular weight excluding hydrogens is 214 g/mol. The molecule has 0 aliphatic carbocycles. The summed E-state index contributed by atoms with van der Waals surface area (Å²) in [5, 5.41) is 0. The Morgan fingerprint density at radius 2 is 2.00 bits per heavy atom. The molecular formula is C13H21N3O. The second kappa shape index (κ2) is 6.37. The van der Waals surface area contributed by atoms with Gasteiger partial charge in [-0.3, -0.25) is 10.2 Å². The van der Waals surface area contributed by atoms with E-state index in [0.29, 0.717) is 0 Å². The lowest BCUT2D eigenvalue weighted by Crippen LogP contribution is -2.33. The van der Waals surface area contributed by atoms with Crippen molar-refractivity contribution in [2.45, 2.75) is 26.3 Å². The maximum absolute atomic E-state index is 11.4. The van der Waals surface area contributed by atoms with Gasteiger partial charge in [0.05, 0.1) is 5.92 Å². The topological polar surface area (TPSA) is 58.4 Å². The molecule has 1 atom stereocenters. The molecule has 17 heavy (non-hydrogen) atoms. The molecule has 1 aromatic carbocycles. The highest BCUT2D eigenvalue weighted by molar-refractivity contribution is 5.82. The fraction of sp³-hybridized carbons (Fsp3) is 0.462. The molecule has 0 heterocycles. The minimum Gasteiger partial charge on any atom is -0.302 e. The summed E-state index contributed by atoms with van der Waals surface area (Å²) in [6, 6.07) is 8.08. The van der Waals surface area contributed by atoms with Crippen molar-refractivity contribution in [1.29, 1.82) is 0 Å². The molecule has 94 valence electrons. The van der Waals surface area contributed by atoms with Gasteiger partial charge < -0.3 is 4.90 Å². The van der Waals surface area contributed by atoms with Crippen LogP contribution in [-0.4, -0.2) is 24.4 Å². The fourth-order valence-electron chi connectivity index (χ4n) is 1.61. The molecule has 1 aromatic rings. The predicted octanol–water partition coefficient (Wildman–Crippen LogP) is 1.23. The van der Waals surface area contributed by atoms with Gasteiger partial charge in [0.2, 0.25) is 5.91 Å². The highest BCUT2D eigenvalue weighted by Gasteiger charge is 2.13. The largest absolute Gasteiger partial charge is 0.302 e. The van der Waals surface area contributed by atoms with E-state index < -0.39 is 0 Å². The molecule has 3 N–H and O–H groups in total. The number of nitrogens with one attached hydrogen (secondary N) is 1. The Morgan fingerprint density at radius 1 is 1.41 bits per heavy atom. The summed E-state index contributed by atoms with van der Waals surface area (Å²) in [6.07, 6.45) is 0. The van der Waals surface area contributed by atoms with Gasteiger partial charge in [0, 0.05) is 6.54 Å². The van der Waals surface area contributed by atoms with Crippen molar-refractivity contribution in [3.63, 3.8) is 0 Å². The quantitative estimate of drug-likeness (QED) is 0.458. The van der Waals surface area contributed by atoms with E-state index in [-0.39, 0.29) is 11.8 Å². The molecule has 0 saturated carbocycles. The molecule has 0 radical (unpaired) electrons. The summed E-state index contributed by atoms with van der Waals surface area (Å²) >= 11 is 0. The number of carbonyl (C=O) groups excluding carboxylic acids is 1. The van der Waals surface area contributed by atoms with E-state index in [1.807, 2.05) is 19.1 Å². The predicted molar refractivity (Wildman–Crippen MR) is 69.2 cm³/mol. The van der Waals surface area contributed by atoms with Crippen molar-refractivity contribution < 1.29 is 4.79 Å². The van der Waals surface area contributed by atoms with Gasteiger partial charge in [-0.25, -0.2) is 5.84 Å². The minimum absolute atomic E-state index is 0.163. The smallest absolute Gasteiger partial charge is 0.241 e. The Kier molecular flexibility index (Phi) is 5.12. The summed E-state index contributed by atoms with van der Waals surface area (Å²) in [5.41, 5.74) is 4.40. The third kappa shape index (κ3) is 3.84. The van der Waals surface area contributed by atoms with E-state index in [1.54, 1.807) is 0 Å². The normalized spacial score (nSPS) is 12.5. The average molecular weight is 235 g/mol. The van der Waals surface area contributed by atoms with Gasteiger partial charge in [0.15, 0.2) is 0 Å². The molecule has 0 saturated heterocycles. The van der Waals surface area contributed by atoms with Crippen LogP contribution in [0.5, 0.6) is 0 Å². The molecule has 0 aliphatic rings. The molecule has 4 heteroatoms. The average Bonchev–Trinajstić information content (AvgIpc) is 2.37. The van der Waals surface area contributed by atoms with Gasteiger partial charge in [0.1, 0.15) is 0 Å². The number of nitrogens with zero attached hydrogens (tertiary/aromatic N) is 1. The SMILES string of the molecule is CCN(C)Cc1ccc(C(C)C(=O)NN)cc1. The minimum atomic E-state index is -0.210. The van der Waals surface area contributed by atoms with Crippen LogP contribution in [0.2, 0.25) is 0 Å². The molecule has 0 aromatic heterocycles. The monoisotopic (exact) mass is 235 g/mol. The van der Waals surface area contributed by atoms with Gasteiger partial charge in [-0.2, -0.15) is 0 Å². The lowest BCUT2D eigenvalue weighted by Gasteiger charge is -2.15. The molecule has 4 nitrogen and oxygen atoms in total. The maximum Gasteiger partial charge on any atom is 0.241 e. The number of hydrogen-bond acceptors (Lipinski definition) is 3. The number of benzene rings is 1.